The van der Waals surface area contributed by atoms with Gasteiger partial charge in [-0.25, -0.2) is 0 Å². The minimum absolute atomic E-state index is 0.0896. The van der Waals surface area contributed by atoms with E-state index in [2.05, 4.69) is 11.8 Å². The van der Waals surface area contributed by atoms with Crippen LogP contribution in [0.3, 0.4) is 0 Å². The van der Waals surface area contributed by atoms with Crippen LogP contribution in [0.15, 0.2) is 0 Å². The van der Waals surface area contributed by atoms with Gasteiger partial charge in [-0.1, -0.05) is 32.6 Å². The fourth-order valence-electron chi connectivity index (χ4n) is 1.81. The largest absolute Gasteiger partial charge is 0.464 e. The van der Waals surface area contributed by atoms with Crippen LogP contribution in [-0.2, 0) is 9.53 Å². The Hall–Kier alpha value is 0.01000. The number of halogens is 2. The second kappa shape index (κ2) is 14.4. The van der Waals surface area contributed by atoms with Crippen molar-refractivity contribution in [1.29, 1.82) is 0 Å². The van der Waals surface area contributed by atoms with Gasteiger partial charge in [-0.05, 0) is 6.42 Å². The molecule has 0 aromatic rings. The quantitative estimate of drug-likeness (QED) is 0.295. The van der Waals surface area contributed by atoms with Gasteiger partial charge in [-0.15, -0.1) is 23.2 Å². The van der Waals surface area contributed by atoms with Crippen LogP contribution in [0.1, 0.15) is 45.4 Å². The lowest BCUT2D eigenvalue weighted by Gasteiger charge is -2.19. The summed E-state index contributed by atoms with van der Waals surface area (Å²) in [7, 11) is 0. The second-order valence-electron chi connectivity index (χ2n) is 4.60. The third-order valence-corrected chi connectivity index (χ3v) is 3.29. The number of nitrogens with zero attached hydrogens (tertiary/aromatic N) is 1. The Morgan fingerprint density at radius 1 is 1.00 bits per heavy atom. The molecule has 0 aliphatic heterocycles. The molecular formula is C14H27Cl2NO2. The highest BCUT2D eigenvalue weighted by molar-refractivity contribution is 6.18. The van der Waals surface area contributed by atoms with Gasteiger partial charge < -0.3 is 4.74 Å². The molecule has 3 nitrogen and oxygen atoms in total. The van der Waals surface area contributed by atoms with Crippen LogP contribution in [0.5, 0.6) is 0 Å². The zero-order chi connectivity index (χ0) is 14.3. The number of unbranched alkanes of at least 4 members (excludes halogenated alkanes) is 4. The molecule has 0 N–H and O–H groups in total. The zero-order valence-corrected chi connectivity index (χ0v) is 13.5. The van der Waals surface area contributed by atoms with E-state index in [0.717, 1.165) is 25.9 Å². The monoisotopic (exact) mass is 311 g/mol. The van der Waals surface area contributed by atoms with Gasteiger partial charge in [0.25, 0.3) is 0 Å². The Bertz CT molecular complexity index is 210. The highest BCUT2D eigenvalue weighted by Crippen LogP contribution is 2.05. The van der Waals surface area contributed by atoms with Crippen molar-refractivity contribution in [2.24, 2.45) is 0 Å². The molecule has 0 heterocycles. The van der Waals surface area contributed by atoms with E-state index < -0.39 is 0 Å². The topological polar surface area (TPSA) is 29.5 Å². The number of ether oxygens (including phenoxy) is 1. The average molecular weight is 312 g/mol. The van der Waals surface area contributed by atoms with Gasteiger partial charge in [-0.3, -0.25) is 9.69 Å². The third kappa shape index (κ3) is 12.8. The molecule has 0 aromatic carbocycles. The summed E-state index contributed by atoms with van der Waals surface area (Å²) < 4.78 is 5.20. The molecule has 114 valence electrons. The summed E-state index contributed by atoms with van der Waals surface area (Å²) >= 11 is 11.4. The Kier molecular flexibility index (Phi) is 14.4. The van der Waals surface area contributed by atoms with Gasteiger partial charge >= 0.3 is 5.97 Å². The smallest absolute Gasteiger partial charge is 0.305 e. The van der Waals surface area contributed by atoms with Crippen LogP contribution in [0, 0.1) is 0 Å². The van der Waals surface area contributed by atoms with E-state index in [1.165, 1.54) is 19.3 Å². The fourth-order valence-corrected chi connectivity index (χ4v) is 2.29. The molecule has 0 fully saturated rings. The highest BCUT2D eigenvalue weighted by Gasteiger charge is 2.06. The van der Waals surface area contributed by atoms with Crippen molar-refractivity contribution in [3.63, 3.8) is 0 Å². The molecule has 0 aliphatic rings. The van der Waals surface area contributed by atoms with Crippen LogP contribution in [0.2, 0.25) is 0 Å². The summed E-state index contributed by atoms with van der Waals surface area (Å²) in [6.07, 6.45) is 6.28. The molecule has 0 amide bonds. The summed E-state index contributed by atoms with van der Waals surface area (Å²) in [6.45, 7) is 4.88. The molecular weight excluding hydrogens is 285 g/mol. The highest BCUT2D eigenvalue weighted by atomic mass is 35.5. The van der Waals surface area contributed by atoms with Crippen molar-refractivity contribution in [2.75, 3.05) is 38.0 Å². The Labute approximate surface area is 127 Å². The minimum Gasteiger partial charge on any atom is -0.464 e. The molecule has 0 rings (SSSR count). The molecule has 0 bridgehead atoms. The maximum Gasteiger partial charge on any atom is 0.305 e. The summed E-state index contributed by atoms with van der Waals surface area (Å²) in [6, 6.07) is 0. The molecule has 0 spiro atoms. The van der Waals surface area contributed by atoms with E-state index in [0.29, 0.717) is 31.3 Å². The first-order valence-electron chi connectivity index (χ1n) is 7.24. The van der Waals surface area contributed by atoms with Crippen LogP contribution in [-0.4, -0.2) is 48.9 Å². The maximum absolute atomic E-state index is 11.5. The van der Waals surface area contributed by atoms with E-state index in [9.17, 15) is 4.79 Å². The Morgan fingerprint density at radius 3 is 2.21 bits per heavy atom. The zero-order valence-electron chi connectivity index (χ0n) is 12.0. The van der Waals surface area contributed by atoms with E-state index >= 15 is 0 Å². The van der Waals surface area contributed by atoms with Crippen LogP contribution in [0.4, 0.5) is 0 Å². The van der Waals surface area contributed by atoms with Crippen molar-refractivity contribution >= 4 is 29.2 Å². The molecule has 0 saturated heterocycles. The van der Waals surface area contributed by atoms with Crippen molar-refractivity contribution in [2.45, 2.75) is 45.4 Å². The van der Waals surface area contributed by atoms with E-state index in [4.69, 9.17) is 27.9 Å². The van der Waals surface area contributed by atoms with E-state index in [-0.39, 0.29) is 5.97 Å². The molecule has 0 aliphatic carbocycles. The average Bonchev–Trinajstić information content (AvgIpc) is 2.39. The fraction of sp³-hybridized carbons (Fsp3) is 0.929. The molecule has 0 unspecified atom stereocenters. The molecule has 19 heavy (non-hydrogen) atoms. The van der Waals surface area contributed by atoms with Gasteiger partial charge in [0.1, 0.15) is 6.61 Å². The summed E-state index contributed by atoms with van der Waals surface area (Å²) in [5, 5.41) is 0. The van der Waals surface area contributed by atoms with Crippen molar-refractivity contribution in [3.05, 3.63) is 0 Å². The van der Waals surface area contributed by atoms with Gasteiger partial charge in [0.15, 0.2) is 0 Å². The number of carbonyl (C=O) groups excluding carboxylic acids is 1. The third-order valence-electron chi connectivity index (χ3n) is 2.96. The van der Waals surface area contributed by atoms with Crippen LogP contribution < -0.4 is 0 Å². The normalized spacial score (nSPS) is 10.9. The van der Waals surface area contributed by atoms with E-state index in [1.54, 1.807) is 0 Å². The first-order chi connectivity index (χ1) is 9.24. The Balaban J connectivity index is 3.49. The number of alkyl halides is 2. The summed E-state index contributed by atoms with van der Waals surface area (Å²) in [5.74, 6) is 1.05. The number of hydrogen-bond acceptors (Lipinski definition) is 3. The van der Waals surface area contributed by atoms with Gasteiger partial charge in [0, 0.05) is 37.8 Å². The predicted octanol–water partition coefficient (Wildman–Crippen LogP) is 3.67. The van der Waals surface area contributed by atoms with Crippen molar-refractivity contribution < 1.29 is 9.53 Å². The minimum atomic E-state index is -0.0896. The maximum atomic E-state index is 11.5. The van der Waals surface area contributed by atoms with Crippen LogP contribution in [0.25, 0.3) is 0 Å². The first-order valence-corrected chi connectivity index (χ1v) is 8.31. The summed E-state index contributed by atoms with van der Waals surface area (Å²) in [5.41, 5.74) is 0. The number of rotatable bonds is 13. The second-order valence-corrected chi connectivity index (χ2v) is 5.36. The van der Waals surface area contributed by atoms with Gasteiger partial charge in [-0.2, -0.15) is 0 Å². The standard InChI is InChI=1S/C14H27Cl2NO2/c1-2-3-4-5-6-7-14(18)19-13-12-17(10-8-15)11-9-16/h2-13H2,1H3. The lowest BCUT2D eigenvalue weighted by atomic mass is 10.1. The van der Waals surface area contributed by atoms with E-state index in [1.807, 2.05) is 0 Å². The van der Waals surface area contributed by atoms with Crippen molar-refractivity contribution in [3.8, 4) is 0 Å². The number of hydrogen-bond donors (Lipinski definition) is 0. The van der Waals surface area contributed by atoms with Crippen molar-refractivity contribution in [1.82, 2.24) is 4.90 Å². The lowest BCUT2D eigenvalue weighted by molar-refractivity contribution is -0.144. The first kappa shape index (κ1) is 19.0. The number of carbonyl (C=O) groups is 1. The predicted molar refractivity (Wildman–Crippen MR) is 82.2 cm³/mol. The van der Waals surface area contributed by atoms with Gasteiger partial charge in [0.2, 0.25) is 0 Å². The van der Waals surface area contributed by atoms with Gasteiger partial charge in [0.05, 0.1) is 0 Å². The summed E-state index contributed by atoms with van der Waals surface area (Å²) in [4.78, 5) is 13.6. The van der Waals surface area contributed by atoms with Crippen LogP contribution >= 0.6 is 23.2 Å². The SMILES string of the molecule is CCCCCCCC(=O)OCCN(CCCl)CCCl. The molecule has 0 radical (unpaired) electrons. The number of esters is 1. The molecule has 0 aromatic heterocycles. The Morgan fingerprint density at radius 2 is 1.63 bits per heavy atom. The molecule has 0 saturated carbocycles. The molecule has 5 heteroatoms. The lowest BCUT2D eigenvalue weighted by Crippen LogP contribution is -2.31. The molecule has 0 atom stereocenters.